The van der Waals surface area contributed by atoms with Crippen LogP contribution in [0.15, 0.2) is 0 Å². The minimum Gasteiger partial charge on any atom is -0.444 e. The van der Waals surface area contributed by atoms with Crippen molar-refractivity contribution in [3.05, 3.63) is 0 Å². The van der Waals surface area contributed by atoms with Crippen LogP contribution in [-0.4, -0.2) is 52.5 Å². The minimum atomic E-state index is -0.478. The molecule has 1 saturated heterocycles. The molecule has 1 aliphatic heterocycles. The fraction of sp³-hybridized carbons (Fsp3) is 0.812. The van der Waals surface area contributed by atoms with Gasteiger partial charge < -0.3 is 15.0 Å². The summed E-state index contributed by atoms with van der Waals surface area (Å²) in [4.78, 5) is 36.2. The second kappa shape index (κ2) is 9.15. The van der Waals surface area contributed by atoms with Gasteiger partial charge in [0.1, 0.15) is 5.60 Å². The lowest BCUT2D eigenvalue weighted by Gasteiger charge is -2.19. The van der Waals surface area contributed by atoms with Crippen molar-refractivity contribution < 1.29 is 19.1 Å². The van der Waals surface area contributed by atoms with Crippen LogP contribution < -0.4 is 5.32 Å². The lowest BCUT2D eigenvalue weighted by molar-refractivity contribution is -0.127. The van der Waals surface area contributed by atoms with Crippen LogP contribution in [0.5, 0.6) is 0 Å². The van der Waals surface area contributed by atoms with Crippen LogP contribution in [0.25, 0.3) is 0 Å². The highest BCUT2D eigenvalue weighted by Gasteiger charge is 2.30. The average molecular weight is 344 g/mol. The molecule has 0 radical (unpaired) electrons. The monoisotopic (exact) mass is 344 g/mol. The van der Waals surface area contributed by atoms with Gasteiger partial charge in [0.2, 0.25) is 5.91 Å². The second-order valence-electron chi connectivity index (χ2n) is 6.76. The molecule has 1 N–H and O–H groups in total. The number of unbranched alkanes of at least 4 members (excludes halogenated alkanes) is 2. The summed E-state index contributed by atoms with van der Waals surface area (Å²) in [6.07, 6.45) is 2.76. The number of alkyl carbamates (subject to hydrolysis) is 1. The van der Waals surface area contributed by atoms with E-state index in [0.717, 1.165) is 25.8 Å². The van der Waals surface area contributed by atoms with Crippen molar-refractivity contribution in [2.75, 3.05) is 19.6 Å². The Morgan fingerprint density at radius 1 is 1.30 bits per heavy atom. The molecule has 7 heteroatoms. The van der Waals surface area contributed by atoms with E-state index >= 15 is 0 Å². The number of likely N-dealkylation sites (tertiary alicyclic amines) is 1. The first-order chi connectivity index (χ1) is 10.7. The van der Waals surface area contributed by atoms with Crippen molar-refractivity contribution in [1.82, 2.24) is 10.2 Å². The molecule has 0 spiro atoms. The summed E-state index contributed by atoms with van der Waals surface area (Å²) in [5.41, 5.74) is -0.478. The van der Waals surface area contributed by atoms with Gasteiger partial charge in [0.25, 0.3) is 0 Å². The van der Waals surface area contributed by atoms with Gasteiger partial charge in [-0.25, -0.2) is 4.79 Å². The fourth-order valence-corrected chi connectivity index (χ4v) is 3.32. The third kappa shape index (κ3) is 8.83. The van der Waals surface area contributed by atoms with E-state index in [0.29, 0.717) is 19.5 Å². The zero-order valence-corrected chi connectivity index (χ0v) is 15.3. The van der Waals surface area contributed by atoms with Gasteiger partial charge in [-0.05, 0) is 40.0 Å². The Kier molecular flexibility index (Phi) is 7.88. The molecule has 1 fully saturated rings. The van der Waals surface area contributed by atoms with Gasteiger partial charge in [-0.1, -0.05) is 11.8 Å². The van der Waals surface area contributed by atoms with E-state index < -0.39 is 11.7 Å². The summed E-state index contributed by atoms with van der Waals surface area (Å²) in [5, 5.41) is 2.90. The first-order valence-corrected chi connectivity index (χ1v) is 8.97. The van der Waals surface area contributed by atoms with Crippen LogP contribution in [-0.2, 0) is 14.3 Å². The minimum absolute atomic E-state index is 0.0675. The molecule has 6 nitrogen and oxygen atoms in total. The van der Waals surface area contributed by atoms with Gasteiger partial charge in [-0.2, -0.15) is 0 Å². The zero-order valence-electron chi connectivity index (χ0n) is 14.5. The number of carbonyl (C=O) groups excluding carboxylic acids is 3. The summed E-state index contributed by atoms with van der Waals surface area (Å²) in [5.74, 6) is 0.135. The average Bonchev–Trinajstić information content (AvgIpc) is 2.70. The molecule has 0 aromatic rings. The number of carbonyl (C=O) groups is 3. The van der Waals surface area contributed by atoms with Crippen molar-refractivity contribution in [3.63, 3.8) is 0 Å². The first kappa shape index (κ1) is 19.8. The number of amides is 2. The number of rotatable bonds is 7. The van der Waals surface area contributed by atoms with Gasteiger partial charge in [-0.15, -0.1) is 0 Å². The number of hydrogen-bond acceptors (Lipinski definition) is 5. The third-order valence-electron chi connectivity index (χ3n) is 3.28. The van der Waals surface area contributed by atoms with Crippen molar-refractivity contribution in [2.24, 2.45) is 0 Å². The SMILES string of the molecule is CC(=O)SC1CC(=O)N(CCCCCNC(=O)OC(C)(C)C)C1. The normalized spacial score (nSPS) is 18.2. The van der Waals surface area contributed by atoms with Crippen LogP contribution >= 0.6 is 11.8 Å². The molecule has 1 atom stereocenters. The number of thioether (sulfide) groups is 1. The fourth-order valence-electron chi connectivity index (χ4n) is 2.37. The van der Waals surface area contributed by atoms with Crippen molar-refractivity contribution in [1.29, 1.82) is 0 Å². The summed E-state index contributed by atoms with van der Waals surface area (Å²) < 4.78 is 5.15. The Balaban J connectivity index is 2.08. The van der Waals surface area contributed by atoms with E-state index in [-0.39, 0.29) is 16.3 Å². The standard InChI is InChI=1S/C16H28N2O4S/c1-12(19)23-13-10-14(20)18(11-13)9-7-5-6-8-17-15(21)22-16(2,3)4/h13H,5-11H2,1-4H3,(H,17,21). The van der Waals surface area contributed by atoms with E-state index in [1.54, 1.807) is 0 Å². The van der Waals surface area contributed by atoms with E-state index in [4.69, 9.17) is 4.74 Å². The Morgan fingerprint density at radius 3 is 2.61 bits per heavy atom. The van der Waals surface area contributed by atoms with Crippen molar-refractivity contribution >= 4 is 28.9 Å². The number of hydrogen-bond donors (Lipinski definition) is 1. The highest BCUT2D eigenvalue weighted by molar-refractivity contribution is 8.14. The highest BCUT2D eigenvalue weighted by atomic mass is 32.2. The molecule has 1 heterocycles. The predicted octanol–water partition coefficient (Wildman–Crippen LogP) is 2.56. The molecular formula is C16H28N2O4S. The molecular weight excluding hydrogens is 316 g/mol. The number of nitrogens with zero attached hydrogens (tertiary/aromatic N) is 1. The zero-order chi connectivity index (χ0) is 17.5. The Labute approximate surface area is 142 Å². The predicted molar refractivity (Wildman–Crippen MR) is 91.3 cm³/mol. The molecule has 0 saturated carbocycles. The molecule has 0 bridgehead atoms. The largest absolute Gasteiger partial charge is 0.444 e. The van der Waals surface area contributed by atoms with Gasteiger partial charge in [-0.3, -0.25) is 9.59 Å². The van der Waals surface area contributed by atoms with Crippen LogP contribution in [0.1, 0.15) is 53.4 Å². The maximum atomic E-state index is 11.8. The maximum absolute atomic E-state index is 11.8. The Bertz CT molecular complexity index is 434. The van der Waals surface area contributed by atoms with Gasteiger partial charge in [0, 0.05) is 38.2 Å². The molecule has 132 valence electrons. The first-order valence-electron chi connectivity index (χ1n) is 8.09. The highest BCUT2D eigenvalue weighted by Crippen LogP contribution is 2.24. The smallest absolute Gasteiger partial charge is 0.407 e. The third-order valence-corrected chi connectivity index (χ3v) is 4.27. The van der Waals surface area contributed by atoms with Gasteiger partial charge in [0.05, 0.1) is 0 Å². The number of ether oxygens (including phenoxy) is 1. The maximum Gasteiger partial charge on any atom is 0.407 e. The van der Waals surface area contributed by atoms with E-state index in [2.05, 4.69) is 5.32 Å². The van der Waals surface area contributed by atoms with E-state index in [1.165, 1.54) is 18.7 Å². The molecule has 0 aliphatic carbocycles. The van der Waals surface area contributed by atoms with Crippen LogP contribution in [0, 0.1) is 0 Å². The van der Waals surface area contributed by atoms with E-state index in [9.17, 15) is 14.4 Å². The Hall–Kier alpha value is -1.24. The quantitative estimate of drug-likeness (QED) is 0.718. The van der Waals surface area contributed by atoms with Crippen LogP contribution in [0.2, 0.25) is 0 Å². The summed E-state index contributed by atoms with van der Waals surface area (Å²) in [7, 11) is 0. The van der Waals surface area contributed by atoms with Crippen LogP contribution in [0.3, 0.4) is 0 Å². The Morgan fingerprint density at radius 2 is 2.00 bits per heavy atom. The number of nitrogens with one attached hydrogen (secondary N) is 1. The second-order valence-corrected chi connectivity index (χ2v) is 8.24. The molecule has 23 heavy (non-hydrogen) atoms. The van der Waals surface area contributed by atoms with E-state index in [1.807, 2.05) is 25.7 Å². The van der Waals surface area contributed by atoms with Crippen molar-refractivity contribution in [2.45, 2.75) is 64.2 Å². The molecule has 1 unspecified atom stereocenters. The molecule has 1 rings (SSSR count). The van der Waals surface area contributed by atoms with Crippen molar-refractivity contribution in [3.8, 4) is 0 Å². The summed E-state index contributed by atoms with van der Waals surface area (Å²) in [6, 6.07) is 0. The molecule has 2 amide bonds. The summed E-state index contributed by atoms with van der Waals surface area (Å²) >= 11 is 1.26. The lowest BCUT2D eigenvalue weighted by Crippen LogP contribution is -2.33. The van der Waals surface area contributed by atoms with Crippen LogP contribution in [0.4, 0.5) is 4.79 Å². The van der Waals surface area contributed by atoms with Gasteiger partial charge >= 0.3 is 6.09 Å². The lowest BCUT2D eigenvalue weighted by atomic mass is 10.2. The molecule has 1 aliphatic rings. The van der Waals surface area contributed by atoms with Gasteiger partial charge in [0.15, 0.2) is 5.12 Å². The molecule has 0 aromatic carbocycles. The summed E-state index contributed by atoms with van der Waals surface area (Å²) in [6.45, 7) is 8.99. The topological polar surface area (TPSA) is 75.7 Å². The molecule has 0 aromatic heterocycles.